The summed E-state index contributed by atoms with van der Waals surface area (Å²) in [7, 11) is 1.84. The summed E-state index contributed by atoms with van der Waals surface area (Å²) in [6.45, 7) is 4.51. The van der Waals surface area contributed by atoms with Gasteiger partial charge >= 0.3 is 5.97 Å². The first-order valence-electron chi connectivity index (χ1n) is 6.67. The van der Waals surface area contributed by atoms with Gasteiger partial charge in [-0.05, 0) is 13.8 Å². The van der Waals surface area contributed by atoms with Gasteiger partial charge in [0.1, 0.15) is 16.7 Å². The number of carbonyl (C=O) groups is 1. The minimum atomic E-state index is -0.703. The van der Waals surface area contributed by atoms with E-state index >= 15 is 0 Å². The van der Waals surface area contributed by atoms with Crippen LogP contribution in [0.3, 0.4) is 0 Å². The molecule has 2 rings (SSSR count). The quantitative estimate of drug-likeness (QED) is 0.869. The van der Waals surface area contributed by atoms with Crippen molar-refractivity contribution in [3.63, 3.8) is 0 Å². The van der Waals surface area contributed by atoms with Crippen molar-refractivity contribution in [2.45, 2.75) is 13.8 Å². The van der Waals surface area contributed by atoms with Crippen molar-refractivity contribution in [2.75, 3.05) is 25.1 Å². The SMILES string of the molecule is CCOC(=O)c1cc(=O)c2c(O)cc(N(C)CC)cc2o1. The van der Waals surface area contributed by atoms with Gasteiger partial charge in [0.2, 0.25) is 5.76 Å². The smallest absolute Gasteiger partial charge is 0.374 e. The molecule has 0 unspecified atom stereocenters. The second kappa shape index (κ2) is 5.87. The van der Waals surface area contributed by atoms with Crippen molar-refractivity contribution in [3.05, 3.63) is 34.2 Å². The summed E-state index contributed by atoms with van der Waals surface area (Å²) in [6.07, 6.45) is 0. The molecule has 21 heavy (non-hydrogen) atoms. The maximum Gasteiger partial charge on any atom is 0.374 e. The molecule has 0 bridgehead atoms. The van der Waals surface area contributed by atoms with Crippen LogP contribution in [0, 0.1) is 0 Å². The molecule has 1 N–H and O–H groups in total. The number of fused-ring (bicyclic) bond motifs is 1. The molecule has 6 nitrogen and oxygen atoms in total. The highest BCUT2D eigenvalue weighted by Gasteiger charge is 2.16. The average molecular weight is 291 g/mol. The van der Waals surface area contributed by atoms with Crippen LogP contribution in [0.15, 0.2) is 27.4 Å². The standard InChI is InChI=1S/C15H17NO5/c1-4-16(3)9-6-10(17)14-11(18)8-13(15(19)20-5-2)21-12(14)7-9/h6-8,17H,4-5H2,1-3H3. The van der Waals surface area contributed by atoms with Crippen molar-refractivity contribution in [2.24, 2.45) is 0 Å². The number of ether oxygens (including phenoxy) is 1. The van der Waals surface area contributed by atoms with E-state index < -0.39 is 11.4 Å². The van der Waals surface area contributed by atoms with E-state index in [2.05, 4.69) is 0 Å². The fraction of sp³-hybridized carbons (Fsp3) is 0.333. The molecule has 0 radical (unpaired) electrons. The maximum atomic E-state index is 12.0. The highest BCUT2D eigenvalue weighted by molar-refractivity contribution is 5.92. The second-order valence-electron chi connectivity index (χ2n) is 4.55. The Morgan fingerprint density at radius 1 is 1.33 bits per heavy atom. The number of aromatic hydroxyl groups is 1. The molecule has 0 aliphatic heterocycles. The van der Waals surface area contributed by atoms with E-state index in [0.29, 0.717) is 12.2 Å². The Kier molecular flexibility index (Phi) is 4.16. The zero-order valence-corrected chi connectivity index (χ0v) is 12.2. The van der Waals surface area contributed by atoms with Crippen LogP contribution in [0.5, 0.6) is 5.75 Å². The first kappa shape index (κ1) is 14.9. The summed E-state index contributed by atoms with van der Waals surface area (Å²) in [5, 5.41) is 10.1. The minimum Gasteiger partial charge on any atom is -0.507 e. The van der Waals surface area contributed by atoms with Gasteiger partial charge in [0, 0.05) is 37.5 Å². The van der Waals surface area contributed by atoms with Crippen LogP contribution in [0.2, 0.25) is 0 Å². The van der Waals surface area contributed by atoms with Crippen LogP contribution in [-0.2, 0) is 4.74 Å². The molecule has 0 saturated carbocycles. The molecule has 0 aliphatic rings. The van der Waals surface area contributed by atoms with Crippen LogP contribution in [0.4, 0.5) is 5.69 Å². The third-order valence-electron chi connectivity index (χ3n) is 3.19. The predicted molar refractivity (Wildman–Crippen MR) is 79.0 cm³/mol. The topological polar surface area (TPSA) is 80.0 Å². The molecule has 0 spiro atoms. The Balaban J connectivity index is 2.65. The molecule has 1 heterocycles. The van der Waals surface area contributed by atoms with Crippen LogP contribution in [0.25, 0.3) is 11.0 Å². The minimum absolute atomic E-state index is 0.0521. The third-order valence-corrected chi connectivity index (χ3v) is 3.19. The number of carbonyl (C=O) groups excluding carboxylic acids is 1. The summed E-state index contributed by atoms with van der Waals surface area (Å²) in [6, 6.07) is 4.14. The molecule has 6 heteroatoms. The molecule has 112 valence electrons. The van der Waals surface area contributed by atoms with Crippen LogP contribution in [-0.4, -0.2) is 31.3 Å². The highest BCUT2D eigenvalue weighted by Crippen LogP contribution is 2.29. The van der Waals surface area contributed by atoms with Gasteiger partial charge in [-0.25, -0.2) is 4.79 Å². The molecule has 2 aromatic rings. The van der Waals surface area contributed by atoms with Crippen LogP contribution >= 0.6 is 0 Å². The molecular weight excluding hydrogens is 274 g/mol. The molecule has 0 aliphatic carbocycles. The number of benzene rings is 1. The van der Waals surface area contributed by atoms with Crippen molar-refractivity contribution < 1.29 is 19.1 Å². The molecular formula is C15H17NO5. The van der Waals surface area contributed by atoms with Crippen molar-refractivity contribution in [1.82, 2.24) is 0 Å². The first-order valence-corrected chi connectivity index (χ1v) is 6.67. The number of hydrogen-bond acceptors (Lipinski definition) is 6. The second-order valence-corrected chi connectivity index (χ2v) is 4.55. The Labute approximate surface area is 121 Å². The van der Waals surface area contributed by atoms with Crippen molar-refractivity contribution >= 4 is 22.6 Å². The lowest BCUT2D eigenvalue weighted by Gasteiger charge is -2.17. The van der Waals surface area contributed by atoms with E-state index in [1.54, 1.807) is 13.0 Å². The van der Waals surface area contributed by atoms with E-state index in [4.69, 9.17) is 9.15 Å². The zero-order valence-electron chi connectivity index (χ0n) is 12.2. The fourth-order valence-corrected chi connectivity index (χ4v) is 1.96. The summed E-state index contributed by atoms with van der Waals surface area (Å²) >= 11 is 0. The molecule has 1 aromatic heterocycles. The number of rotatable bonds is 4. The van der Waals surface area contributed by atoms with Crippen LogP contribution < -0.4 is 10.3 Å². The lowest BCUT2D eigenvalue weighted by Crippen LogP contribution is -2.16. The third kappa shape index (κ3) is 2.84. The van der Waals surface area contributed by atoms with Gasteiger partial charge in [0.25, 0.3) is 0 Å². The largest absolute Gasteiger partial charge is 0.507 e. The summed E-state index contributed by atoms with van der Waals surface area (Å²) in [4.78, 5) is 25.6. The van der Waals surface area contributed by atoms with E-state index in [1.807, 2.05) is 18.9 Å². The molecule has 0 amide bonds. The average Bonchev–Trinajstić information content (AvgIpc) is 2.45. The summed E-state index contributed by atoms with van der Waals surface area (Å²) in [5.74, 6) is -1.05. The highest BCUT2D eigenvalue weighted by atomic mass is 16.5. The number of nitrogens with zero attached hydrogens (tertiary/aromatic N) is 1. The Hall–Kier alpha value is -2.50. The number of hydrogen-bond donors (Lipinski definition) is 1. The summed E-state index contributed by atoms with van der Waals surface area (Å²) in [5.41, 5.74) is 0.356. The Bertz CT molecular complexity index is 735. The van der Waals surface area contributed by atoms with Gasteiger partial charge in [0.15, 0.2) is 5.43 Å². The van der Waals surface area contributed by atoms with Crippen LogP contribution in [0.1, 0.15) is 24.4 Å². The van der Waals surface area contributed by atoms with E-state index in [0.717, 1.165) is 6.07 Å². The Morgan fingerprint density at radius 3 is 2.67 bits per heavy atom. The van der Waals surface area contributed by atoms with Gasteiger partial charge in [-0.3, -0.25) is 4.79 Å². The fourth-order valence-electron chi connectivity index (χ4n) is 1.96. The van der Waals surface area contributed by atoms with E-state index in [1.165, 1.54) is 6.07 Å². The zero-order chi connectivity index (χ0) is 15.6. The number of phenols is 1. The van der Waals surface area contributed by atoms with Crippen molar-refractivity contribution in [3.8, 4) is 5.75 Å². The number of anilines is 1. The summed E-state index contributed by atoms with van der Waals surface area (Å²) < 4.78 is 10.2. The monoisotopic (exact) mass is 291 g/mol. The number of esters is 1. The van der Waals surface area contributed by atoms with Gasteiger partial charge in [-0.15, -0.1) is 0 Å². The Morgan fingerprint density at radius 2 is 2.05 bits per heavy atom. The van der Waals surface area contributed by atoms with E-state index in [-0.39, 0.29) is 29.1 Å². The van der Waals surface area contributed by atoms with Gasteiger partial charge in [-0.1, -0.05) is 0 Å². The number of phenolic OH excluding ortho intramolecular Hbond substituents is 1. The first-order chi connectivity index (χ1) is 9.97. The molecule has 0 saturated heterocycles. The van der Waals surface area contributed by atoms with Gasteiger partial charge < -0.3 is 19.2 Å². The normalized spacial score (nSPS) is 10.6. The van der Waals surface area contributed by atoms with Crippen molar-refractivity contribution in [1.29, 1.82) is 0 Å². The molecule has 0 atom stereocenters. The molecule has 1 aromatic carbocycles. The van der Waals surface area contributed by atoms with E-state index in [9.17, 15) is 14.7 Å². The predicted octanol–water partition coefficient (Wildman–Crippen LogP) is 2.13. The van der Waals surface area contributed by atoms with Gasteiger partial charge in [0.05, 0.1) is 6.61 Å². The van der Waals surface area contributed by atoms with Gasteiger partial charge in [-0.2, -0.15) is 0 Å². The lowest BCUT2D eigenvalue weighted by atomic mass is 10.1. The molecule has 0 fully saturated rings. The maximum absolute atomic E-state index is 12.0. The lowest BCUT2D eigenvalue weighted by molar-refractivity contribution is 0.0490.